The molecule has 23 heavy (non-hydrogen) atoms. The van der Waals surface area contributed by atoms with Crippen LogP contribution in [0, 0.1) is 6.92 Å². The number of benzene rings is 1. The van der Waals surface area contributed by atoms with Gasteiger partial charge in [0.25, 0.3) is 5.91 Å². The zero-order valence-electron chi connectivity index (χ0n) is 13.4. The number of ether oxygens (including phenoxy) is 1. The van der Waals surface area contributed by atoms with Crippen molar-refractivity contribution in [3.05, 3.63) is 63.1 Å². The van der Waals surface area contributed by atoms with Crippen LogP contribution in [0.15, 0.2) is 35.3 Å². The van der Waals surface area contributed by atoms with E-state index in [0.29, 0.717) is 19.7 Å². The molecule has 0 radical (unpaired) electrons. The van der Waals surface area contributed by atoms with Crippen LogP contribution >= 0.6 is 0 Å². The summed E-state index contributed by atoms with van der Waals surface area (Å²) in [7, 11) is 0. The van der Waals surface area contributed by atoms with Gasteiger partial charge in [0.2, 0.25) is 0 Å². The summed E-state index contributed by atoms with van der Waals surface area (Å²) in [6.07, 6.45) is 2.30. The number of fused-ring (bicyclic) bond motifs is 1. The normalized spacial score (nSPS) is 13.6. The van der Waals surface area contributed by atoms with E-state index in [1.54, 1.807) is 11.8 Å². The molecule has 2 heterocycles. The van der Waals surface area contributed by atoms with Gasteiger partial charge in [-0.15, -0.1) is 0 Å². The Morgan fingerprint density at radius 1 is 1.30 bits per heavy atom. The molecule has 5 heteroatoms. The summed E-state index contributed by atoms with van der Waals surface area (Å²) in [6, 6.07) is 7.46. The second-order valence-corrected chi connectivity index (χ2v) is 5.73. The Bertz CT molecular complexity index is 795. The van der Waals surface area contributed by atoms with Crippen LogP contribution in [0.2, 0.25) is 0 Å². The molecule has 1 aromatic heterocycles. The van der Waals surface area contributed by atoms with Gasteiger partial charge in [0.1, 0.15) is 11.3 Å². The molecule has 1 aromatic carbocycles. The van der Waals surface area contributed by atoms with Gasteiger partial charge in [-0.2, -0.15) is 0 Å². The molecule has 0 aliphatic carbocycles. The molecule has 1 amide bonds. The van der Waals surface area contributed by atoms with Gasteiger partial charge in [-0.1, -0.05) is 6.07 Å². The van der Waals surface area contributed by atoms with Crippen molar-refractivity contribution < 1.29 is 9.53 Å². The standard InChI is InChI=1S/C18H20N2O3/c1-3-23-15-5-4-13-6-7-20(11-14(13)9-15)18(22)16-10-19-12(2)8-17(16)21/h4-5,8-10H,3,6-7,11H2,1-2H3,(H,19,21). The van der Waals surface area contributed by atoms with Gasteiger partial charge in [0.15, 0.2) is 5.43 Å². The lowest BCUT2D eigenvalue weighted by Gasteiger charge is -2.29. The van der Waals surface area contributed by atoms with E-state index in [4.69, 9.17) is 4.74 Å². The first kappa shape index (κ1) is 15.3. The number of aromatic nitrogens is 1. The number of H-pyrrole nitrogens is 1. The second kappa shape index (κ2) is 6.28. The topological polar surface area (TPSA) is 62.4 Å². The highest BCUT2D eigenvalue weighted by atomic mass is 16.5. The average Bonchev–Trinajstić information content (AvgIpc) is 2.54. The highest BCUT2D eigenvalue weighted by Crippen LogP contribution is 2.24. The molecule has 1 aliphatic heterocycles. The molecule has 3 rings (SSSR count). The van der Waals surface area contributed by atoms with Gasteiger partial charge in [0.05, 0.1) is 6.61 Å². The lowest BCUT2D eigenvalue weighted by molar-refractivity contribution is 0.0732. The quantitative estimate of drug-likeness (QED) is 0.946. The molecule has 0 unspecified atom stereocenters. The summed E-state index contributed by atoms with van der Waals surface area (Å²) in [5.74, 6) is 0.590. The van der Waals surface area contributed by atoms with Gasteiger partial charge in [-0.05, 0) is 43.5 Å². The first-order chi connectivity index (χ1) is 11.1. The van der Waals surface area contributed by atoms with Crippen LogP contribution in [0.4, 0.5) is 0 Å². The first-order valence-electron chi connectivity index (χ1n) is 7.81. The van der Waals surface area contributed by atoms with Crippen molar-refractivity contribution in [2.45, 2.75) is 26.8 Å². The molecule has 2 aromatic rings. The van der Waals surface area contributed by atoms with Gasteiger partial charge in [0, 0.05) is 31.0 Å². The predicted molar refractivity (Wildman–Crippen MR) is 87.9 cm³/mol. The van der Waals surface area contributed by atoms with Crippen LogP contribution in [-0.4, -0.2) is 28.9 Å². The van der Waals surface area contributed by atoms with Crippen molar-refractivity contribution in [2.75, 3.05) is 13.2 Å². The summed E-state index contributed by atoms with van der Waals surface area (Å²) in [5, 5.41) is 0. The highest BCUT2D eigenvalue weighted by molar-refractivity contribution is 5.94. The Morgan fingerprint density at radius 2 is 2.13 bits per heavy atom. The van der Waals surface area contributed by atoms with Gasteiger partial charge in [-0.3, -0.25) is 9.59 Å². The maximum atomic E-state index is 12.6. The van der Waals surface area contributed by atoms with Crippen LogP contribution < -0.4 is 10.2 Å². The van der Waals surface area contributed by atoms with E-state index in [-0.39, 0.29) is 16.9 Å². The van der Waals surface area contributed by atoms with Gasteiger partial charge in [-0.25, -0.2) is 0 Å². The van der Waals surface area contributed by atoms with Crippen molar-refractivity contribution in [2.24, 2.45) is 0 Å². The lowest BCUT2D eigenvalue weighted by Crippen LogP contribution is -2.38. The van der Waals surface area contributed by atoms with Crippen LogP contribution in [0.3, 0.4) is 0 Å². The predicted octanol–water partition coefficient (Wildman–Crippen LogP) is 2.28. The van der Waals surface area contributed by atoms with E-state index in [0.717, 1.165) is 23.4 Å². The van der Waals surface area contributed by atoms with Crippen molar-refractivity contribution in [1.82, 2.24) is 9.88 Å². The number of hydrogen-bond acceptors (Lipinski definition) is 3. The highest BCUT2D eigenvalue weighted by Gasteiger charge is 2.23. The fourth-order valence-electron chi connectivity index (χ4n) is 2.87. The summed E-state index contributed by atoms with van der Waals surface area (Å²) in [5.41, 5.74) is 3.02. The molecule has 0 bridgehead atoms. The molecule has 0 spiro atoms. The number of nitrogens with zero attached hydrogens (tertiary/aromatic N) is 1. The maximum Gasteiger partial charge on any atom is 0.259 e. The smallest absolute Gasteiger partial charge is 0.259 e. The molecule has 5 nitrogen and oxygen atoms in total. The molecule has 0 saturated heterocycles. The van der Waals surface area contributed by atoms with Crippen molar-refractivity contribution in [3.63, 3.8) is 0 Å². The van der Waals surface area contributed by atoms with Gasteiger partial charge < -0.3 is 14.6 Å². The van der Waals surface area contributed by atoms with Crippen LogP contribution in [-0.2, 0) is 13.0 Å². The van der Waals surface area contributed by atoms with E-state index in [1.807, 2.05) is 19.1 Å². The second-order valence-electron chi connectivity index (χ2n) is 5.73. The Kier molecular flexibility index (Phi) is 4.19. The van der Waals surface area contributed by atoms with E-state index in [1.165, 1.54) is 17.8 Å². The third-order valence-corrected chi connectivity index (χ3v) is 4.08. The Balaban J connectivity index is 1.84. The number of rotatable bonds is 3. The van der Waals surface area contributed by atoms with E-state index in [9.17, 15) is 9.59 Å². The third-order valence-electron chi connectivity index (χ3n) is 4.08. The largest absolute Gasteiger partial charge is 0.494 e. The number of carbonyl (C=O) groups excluding carboxylic acids is 1. The Hall–Kier alpha value is -2.56. The monoisotopic (exact) mass is 312 g/mol. The number of pyridine rings is 1. The number of aryl methyl sites for hydroxylation is 1. The van der Waals surface area contributed by atoms with Crippen LogP contribution in [0.25, 0.3) is 0 Å². The maximum absolute atomic E-state index is 12.6. The molecule has 0 saturated carbocycles. The molecule has 120 valence electrons. The fraction of sp³-hybridized carbons (Fsp3) is 0.333. The molecular formula is C18H20N2O3. The van der Waals surface area contributed by atoms with Crippen molar-refractivity contribution in [3.8, 4) is 5.75 Å². The number of nitrogens with one attached hydrogen (secondary N) is 1. The zero-order chi connectivity index (χ0) is 16.4. The minimum Gasteiger partial charge on any atom is -0.494 e. The number of amides is 1. The molecular weight excluding hydrogens is 292 g/mol. The summed E-state index contributed by atoms with van der Waals surface area (Å²) in [6.45, 7) is 5.47. The van der Waals surface area contributed by atoms with Crippen molar-refractivity contribution >= 4 is 5.91 Å². The summed E-state index contributed by atoms with van der Waals surface area (Å²) < 4.78 is 5.53. The number of hydrogen-bond donors (Lipinski definition) is 1. The Morgan fingerprint density at radius 3 is 2.87 bits per heavy atom. The lowest BCUT2D eigenvalue weighted by atomic mass is 9.99. The van der Waals surface area contributed by atoms with Crippen LogP contribution in [0.5, 0.6) is 5.75 Å². The van der Waals surface area contributed by atoms with Crippen molar-refractivity contribution in [1.29, 1.82) is 0 Å². The summed E-state index contributed by atoms with van der Waals surface area (Å²) in [4.78, 5) is 29.3. The molecule has 0 fully saturated rings. The van der Waals surface area contributed by atoms with E-state index in [2.05, 4.69) is 11.1 Å². The fourth-order valence-corrected chi connectivity index (χ4v) is 2.87. The molecule has 0 atom stereocenters. The van der Waals surface area contributed by atoms with Gasteiger partial charge >= 0.3 is 0 Å². The first-order valence-corrected chi connectivity index (χ1v) is 7.81. The number of carbonyl (C=O) groups is 1. The zero-order valence-corrected chi connectivity index (χ0v) is 13.4. The Labute approximate surface area is 134 Å². The van der Waals surface area contributed by atoms with E-state index >= 15 is 0 Å². The number of aromatic amines is 1. The van der Waals surface area contributed by atoms with E-state index < -0.39 is 0 Å². The minimum absolute atomic E-state index is 0.194. The minimum atomic E-state index is -0.236. The third kappa shape index (κ3) is 3.13. The molecule has 1 N–H and O–H groups in total. The average molecular weight is 312 g/mol. The SMILES string of the molecule is CCOc1ccc2c(c1)CN(C(=O)c1c[nH]c(C)cc1=O)CC2. The van der Waals surface area contributed by atoms with Crippen LogP contribution in [0.1, 0.15) is 34.1 Å². The summed E-state index contributed by atoms with van der Waals surface area (Å²) >= 11 is 0. The molecule has 1 aliphatic rings.